The zero-order chi connectivity index (χ0) is 39.7. The van der Waals surface area contributed by atoms with Gasteiger partial charge in [-0.1, -0.05) is 17.3 Å². The van der Waals surface area contributed by atoms with Crippen LogP contribution in [0.3, 0.4) is 0 Å². The van der Waals surface area contributed by atoms with Crippen LogP contribution in [0.4, 0.5) is 4.39 Å². The number of unbranched alkanes of at least 4 members (excludes halogenated alkanes) is 3. The second-order valence-electron chi connectivity index (χ2n) is 15.2. The number of fused-ring (bicyclic) bond motifs is 3. The third kappa shape index (κ3) is 9.01. The summed E-state index contributed by atoms with van der Waals surface area (Å²) >= 11 is -2.26. The number of aromatic nitrogens is 8. The van der Waals surface area contributed by atoms with E-state index in [1.54, 1.807) is 20.7 Å². The number of carbonyl (C=O) groups is 1. The predicted molar refractivity (Wildman–Crippen MR) is 222 cm³/mol. The molecule has 5 heterocycles. The third-order valence-electron chi connectivity index (χ3n) is 11.6. The molecular weight excluding hydrogens is 814 g/mol. The number of carbonyl (C=O) groups excluding carboxylic acids is 1. The molecule has 1 saturated heterocycles. The van der Waals surface area contributed by atoms with Crippen molar-refractivity contribution >= 4 is 50.0 Å². The van der Waals surface area contributed by atoms with Gasteiger partial charge in [-0.15, -0.1) is 5.10 Å². The molecule has 0 aliphatic carbocycles. The van der Waals surface area contributed by atoms with Gasteiger partial charge in [0, 0.05) is 37.4 Å². The number of methoxy groups -OCH3 is 1. The molecule has 0 saturated carbocycles. The Bertz CT molecular complexity index is 2170. The van der Waals surface area contributed by atoms with Crippen molar-refractivity contribution in [2.75, 3.05) is 20.3 Å². The number of rotatable bonds is 15. The van der Waals surface area contributed by atoms with Crippen molar-refractivity contribution in [3.63, 3.8) is 0 Å². The van der Waals surface area contributed by atoms with Crippen molar-refractivity contribution in [1.82, 2.24) is 39.5 Å². The summed E-state index contributed by atoms with van der Waals surface area (Å²) in [6.45, 7) is 8.28. The van der Waals surface area contributed by atoms with Gasteiger partial charge >= 0.3 is 129 Å². The summed E-state index contributed by atoms with van der Waals surface area (Å²) in [5.74, 6) is -0.447. The predicted octanol–water partition coefficient (Wildman–Crippen LogP) is 8.80. The summed E-state index contributed by atoms with van der Waals surface area (Å²) in [5.41, 5.74) is 5.77. The maximum atomic E-state index is 14.0. The average molecular weight is 872 g/mol. The standard InChI is InChI=1S/C28H26FN5O3.3C4H9.C3H4N3.Sn/c1-33-25(16-31-32-33)20-14-24-26(30-15-20)22-8-5-19(28(35)36-2)13-23(22)34(24)27(18-9-11-37-12-10-18)17-3-6-21(29)7-4-17;3*1-3-4-2;1-6-3-2-4-5-6;/h3-8,13-16,18,27H,9-12H2,1-2H3;3*1,3-4H2,2H3;2H,1H3;. The number of hydrogen-bond acceptors (Lipinski definition) is 8. The van der Waals surface area contributed by atoms with E-state index in [0.29, 0.717) is 18.8 Å². The molecule has 1 fully saturated rings. The molecule has 0 radical (unpaired) electrons. The number of pyridine rings is 1. The largest absolute Gasteiger partial charge is 0.465 e. The number of halogens is 1. The maximum Gasteiger partial charge on any atom is 0.337 e. The second-order valence-corrected chi connectivity index (χ2v) is 28.3. The van der Waals surface area contributed by atoms with Crippen molar-refractivity contribution < 1.29 is 18.7 Å². The van der Waals surface area contributed by atoms with E-state index in [1.807, 2.05) is 37.5 Å². The van der Waals surface area contributed by atoms with Crippen LogP contribution in [0.25, 0.3) is 33.2 Å². The fraction of sp³-hybridized carbons (Fsp3) is 0.488. The minimum Gasteiger partial charge on any atom is -0.465 e. The van der Waals surface area contributed by atoms with Crippen molar-refractivity contribution in [2.24, 2.45) is 20.0 Å². The normalized spacial score (nSPS) is 14.2. The Hall–Kier alpha value is -4.17. The molecule has 1 aliphatic heterocycles. The Morgan fingerprint density at radius 3 is 2.07 bits per heavy atom. The smallest absolute Gasteiger partial charge is 0.337 e. The summed E-state index contributed by atoms with van der Waals surface area (Å²) < 4.78 is 36.8. The van der Waals surface area contributed by atoms with Gasteiger partial charge in [0.15, 0.2) is 0 Å². The first-order valence-corrected chi connectivity index (χ1v) is 27.8. The Morgan fingerprint density at radius 2 is 1.50 bits per heavy atom. The Labute approximate surface area is 333 Å². The molecule has 298 valence electrons. The van der Waals surface area contributed by atoms with Gasteiger partial charge < -0.3 is 14.0 Å². The number of esters is 1. The topological polar surface area (TPSA) is 115 Å². The molecule has 1 unspecified atom stereocenters. The first kappa shape index (κ1) is 41.5. The van der Waals surface area contributed by atoms with Gasteiger partial charge in [-0.2, -0.15) is 0 Å². The molecule has 6 aromatic rings. The number of aryl methyl sites for hydroxylation is 2. The molecule has 0 N–H and O–H groups in total. The quantitative estimate of drug-likeness (QED) is 0.0744. The van der Waals surface area contributed by atoms with Crippen molar-refractivity contribution in [3.8, 4) is 11.3 Å². The Kier molecular flexibility index (Phi) is 14.3. The summed E-state index contributed by atoms with van der Waals surface area (Å²) in [6.07, 6.45) is 15.5. The minimum atomic E-state index is -2.26. The fourth-order valence-corrected chi connectivity index (χ4v) is 24.7. The zero-order valence-corrected chi connectivity index (χ0v) is 36.7. The number of nitrogens with zero attached hydrogens (tertiary/aromatic N) is 8. The second kappa shape index (κ2) is 19.3. The first-order chi connectivity index (χ1) is 27.2. The van der Waals surface area contributed by atoms with Crippen molar-refractivity contribution in [3.05, 3.63) is 84.1 Å². The van der Waals surface area contributed by atoms with Crippen LogP contribution >= 0.6 is 0 Å². The molecule has 11 nitrogen and oxygen atoms in total. The van der Waals surface area contributed by atoms with E-state index in [9.17, 15) is 9.18 Å². The van der Waals surface area contributed by atoms with Crippen LogP contribution in [-0.2, 0) is 23.6 Å². The van der Waals surface area contributed by atoms with Gasteiger partial charge in [0.2, 0.25) is 0 Å². The summed E-state index contributed by atoms with van der Waals surface area (Å²) in [4.78, 5) is 17.4. The molecule has 13 heteroatoms. The summed E-state index contributed by atoms with van der Waals surface area (Å²) in [5, 5.41) is 17.4. The zero-order valence-electron chi connectivity index (χ0n) is 33.9. The van der Waals surface area contributed by atoms with E-state index >= 15 is 0 Å². The van der Waals surface area contributed by atoms with Gasteiger partial charge in [0.25, 0.3) is 0 Å². The van der Waals surface area contributed by atoms with Crippen LogP contribution in [0.15, 0.2) is 67.1 Å². The first-order valence-electron chi connectivity index (χ1n) is 20.3. The molecule has 0 bridgehead atoms. The Balaban J connectivity index is 0.000000237. The average Bonchev–Trinajstić information content (AvgIpc) is 3.95. The van der Waals surface area contributed by atoms with E-state index in [-0.39, 0.29) is 17.8 Å². The van der Waals surface area contributed by atoms with E-state index < -0.39 is 24.3 Å². The molecular formula is C43H57FN8O3Sn. The van der Waals surface area contributed by atoms with Crippen LogP contribution in [0, 0.1) is 11.7 Å². The molecule has 0 spiro atoms. The number of benzene rings is 2. The van der Waals surface area contributed by atoms with Crippen LogP contribution in [0.5, 0.6) is 0 Å². The van der Waals surface area contributed by atoms with Gasteiger partial charge in [0.1, 0.15) is 5.82 Å². The maximum absolute atomic E-state index is 14.0. The molecule has 7 rings (SSSR count). The van der Waals surface area contributed by atoms with Gasteiger partial charge in [-0.25, -0.2) is 13.9 Å². The van der Waals surface area contributed by atoms with Gasteiger partial charge in [0.05, 0.1) is 47.2 Å². The number of ether oxygens (including phenoxy) is 2. The molecule has 1 aliphatic rings. The summed E-state index contributed by atoms with van der Waals surface area (Å²) in [6, 6.07) is 14.2. The van der Waals surface area contributed by atoms with Gasteiger partial charge in [-0.05, 0) is 60.7 Å². The molecule has 2 aromatic carbocycles. The monoisotopic (exact) mass is 872 g/mol. The van der Waals surface area contributed by atoms with E-state index in [0.717, 1.165) is 51.6 Å². The van der Waals surface area contributed by atoms with E-state index in [1.165, 1.54) is 71.1 Å². The molecule has 1 atom stereocenters. The van der Waals surface area contributed by atoms with Crippen LogP contribution in [0.2, 0.25) is 13.3 Å². The van der Waals surface area contributed by atoms with E-state index in [4.69, 9.17) is 14.5 Å². The van der Waals surface area contributed by atoms with Crippen LogP contribution < -0.4 is 3.71 Å². The third-order valence-corrected chi connectivity index (χ3v) is 27.2. The SMILES string of the molecule is CCC[CH2][Sn]([CH2]CCC)([CH2]CCC)[c]1cnnn1C.COC(=O)c1ccc2c3ncc(-c4cnnn4C)cc3n(C(c3ccc(F)cc3)C3CCOCC3)c2c1. The van der Waals surface area contributed by atoms with Gasteiger partial charge in [-0.3, -0.25) is 4.98 Å². The Morgan fingerprint density at radius 1 is 0.857 bits per heavy atom. The molecule has 4 aromatic heterocycles. The molecule has 56 heavy (non-hydrogen) atoms. The van der Waals surface area contributed by atoms with Crippen LogP contribution in [0.1, 0.15) is 94.1 Å². The fourth-order valence-electron chi connectivity index (χ4n) is 8.54. The minimum absolute atomic E-state index is 0.126. The summed E-state index contributed by atoms with van der Waals surface area (Å²) in [7, 11) is 5.31. The van der Waals surface area contributed by atoms with Crippen molar-refractivity contribution in [1.29, 1.82) is 0 Å². The van der Waals surface area contributed by atoms with E-state index in [2.05, 4.69) is 70.0 Å². The number of hydrogen-bond donors (Lipinski definition) is 0. The molecule has 0 amide bonds. The van der Waals surface area contributed by atoms with Crippen molar-refractivity contribution in [2.45, 2.75) is 91.5 Å². The van der Waals surface area contributed by atoms with Crippen LogP contribution in [-0.4, -0.2) is 84.2 Å².